The fourth-order valence-electron chi connectivity index (χ4n) is 2.75. The molecule has 1 unspecified atom stereocenters. The molecular formula is C21H21NO2. The standard InChI is InChI=1S/C21H21NO2/c1-2-3-4-5-10-20-21(17-13-11-16(15-22)12-14-17)24-19-9-7-6-8-18(19)23-20/h6-14,21H,2-5H2,1H3/b20-10-. The molecule has 2 aromatic rings. The van der Waals surface area contributed by atoms with Gasteiger partial charge in [-0.05, 0) is 43.2 Å². The predicted octanol–water partition coefficient (Wildman–Crippen LogP) is 5.53. The Morgan fingerprint density at radius 1 is 1.04 bits per heavy atom. The van der Waals surface area contributed by atoms with E-state index in [2.05, 4.69) is 19.1 Å². The molecule has 0 spiro atoms. The molecule has 122 valence electrons. The zero-order valence-corrected chi connectivity index (χ0v) is 13.9. The van der Waals surface area contributed by atoms with Gasteiger partial charge in [-0.1, -0.05) is 44.0 Å². The van der Waals surface area contributed by atoms with Gasteiger partial charge in [0, 0.05) is 5.56 Å². The normalized spacial score (nSPS) is 17.5. The largest absolute Gasteiger partial charge is 0.474 e. The first-order chi connectivity index (χ1) is 11.8. The van der Waals surface area contributed by atoms with Crippen LogP contribution in [0.5, 0.6) is 11.5 Å². The third kappa shape index (κ3) is 3.60. The lowest BCUT2D eigenvalue weighted by atomic mass is 10.0. The topological polar surface area (TPSA) is 42.2 Å². The quantitative estimate of drug-likeness (QED) is 0.680. The third-order valence-electron chi connectivity index (χ3n) is 4.08. The molecule has 0 N–H and O–H groups in total. The van der Waals surface area contributed by atoms with E-state index >= 15 is 0 Å². The Kier molecular flexibility index (Phi) is 5.18. The summed E-state index contributed by atoms with van der Waals surface area (Å²) in [4.78, 5) is 0. The van der Waals surface area contributed by atoms with Gasteiger partial charge >= 0.3 is 0 Å². The Bertz CT molecular complexity index is 756. The lowest BCUT2D eigenvalue weighted by molar-refractivity contribution is 0.147. The molecule has 0 bridgehead atoms. The van der Waals surface area contributed by atoms with Crippen molar-refractivity contribution in [2.24, 2.45) is 0 Å². The number of hydrogen-bond acceptors (Lipinski definition) is 3. The summed E-state index contributed by atoms with van der Waals surface area (Å²) in [5.74, 6) is 2.33. The average molecular weight is 319 g/mol. The van der Waals surface area contributed by atoms with Crippen LogP contribution in [0.3, 0.4) is 0 Å². The van der Waals surface area contributed by atoms with E-state index in [4.69, 9.17) is 14.7 Å². The van der Waals surface area contributed by atoms with Crippen LogP contribution in [0.1, 0.15) is 49.8 Å². The van der Waals surface area contributed by atoms with E-state index in [0.717, 1.165) is 35.7 Å². The fraction of sp³-hybridized carbons (Fsp3) is 0.286. The number of nitrogens with zero attached hydrogens (tertiary/aromatic N) is 1. The zero-order valence-electron chi connectivity index (χ0n) is 13.9. The number of rotatable bonds is 5. The number of unbranched alkanes of at least 4 members (excludes halogenated alkanes) is 3. The van der Waals surface area contributed by atoms with Crippen molar-refractivity contribution in [1.82, 2.24) is 0 Å². The second-order valence-electron chi connectivity index (χ2n) is 5.88. The molecule has 24 heavy (non-hydrogen) atoms. The van der Waals surface area contributed by atoms with Gasteiger partial charge in [0.2, 0.25) is 0 Å². The second kappa shape index (κ2) is 7.70. The van der Waals surface area contributed by atoms with Gasteiger partial charge in [0.25, 0.3) is 0 Å². The number of ether oxygens (including phenoxy) is 2. The summed E-state index contributed by atoms with van der Waals surface area (Å²) in [6.45, 7) is 2.20. The summed E-state index contributed by atoms with van der Waals surface area (Å²) in [5.41, 5.74) is 1.63. The van der Waals surface area contributed by atoms with Crippen LogP contribution < -0.4 is 9.47 Å². The molecule has 0 amide bonds. The molecule has 0 aliphatic carbocycles. The van der Waals surface area contributed by atoms with Gasteiger partial charge in [0.05, 0.1) is 11.6 Å². The highest BCUT2D eigenvalue weighted by Gasteiger charge is 2.27. The van der Waals surface area contributed by atoms with E-state index in [1.165, 1.54) is 12.8 Å². The monoisotopic (exact) mass is 319 g/mol. The van der Waals surface area contributed by atoms with Crippen molar-refractivity contribution in [3.8, 4) is 17.6 Å². The first-order valence-electron chi connectivity index (χ1n) is 8.45. The molecule has 3 heteroatoms. The maximum atomic E-state index is 8.97. The summed E-state index contributed by atoms with van der Waals surface area (Å²) in [6.07, 6.45) is 6.39. The highest BCUT2D eigenvalue weighted by molar-refractivity contribution is 5.45. The molecule has 0 saturated carbocycles. The molecule has 0 saturated heterocycles. The lowest BCUT2D eigenvalue weighted by Crippen LogP contribution is -2.19. The van der Waals surface area contributed by atoms with Crippen LogP contribution in [0, 0.1) is 11.3 Å². The molecule has 3 nitrogen and oxygen atoms in total. The van der Waals surface area contributed by atoms with Gasteiger partial charge in [0.1, 0.15) is 5.76 Å². The zero-order chi connectivity index (χ0) is 16.8. The minimum absolute atomic E-state index is 0.269. The van der Waals surface area contributed by atoms with E-state index in [-0.39, 0.29) is 6.10 Å². The van der Waals surface area contributed by atoms with Crippen LogP contribution in [-0.2, 0) is 0 Å². The summed E-state index contributed by atoms with van der Waals surface area (Å²) in [7, 11) is 0. The summed E-state index contributed by atoms with van der Waals surface area (Å²) < 4.78 is 12.3. The summed E-state index contributed by atoms with van der Waals surface area (Å²) >= 11 is 0. The molecule has 1 atom stereocenters. The molecule has 0 fully saturated rings. The van der Waals surface area contributed by atoms with Crippen LogP contribution in [0.25, 0.3) is 0 Å². The molecule has 0 radical (unpaired) electrons. The third-order valence-corrected chi connectivity index (χ3v) is 4.08. The number of para-hydroxylation sites is 2. The maximum absolute atomic E-state index is 8.97. The lowest BCUT2D eigenvalue weighted by Gasteiger charge is -2.29. The van der Waals surface area contributed by atoms with Gasteiger partial charge in [-0.25, -0.2) is 0 Å². The average Bonchev–Trinajstić information content (AvgIpc) is 2.64. The van der Waals surface area contributed by atoms with Crippen LogP contribution in [-0.4, -0.2) is 0 Å². The predicted molar refractivity (Wildman–Crippen MR) is 93.8 cm³/mol. The number of nitriles is 1. The van der Waals surface area contributed by atoms with Crippen molar-refractivity contribution in [2.45, 2.75) is 38.7 Å². The Labute approximate surface area is 143 Å². The van der Waals surface area contributed by atoms with E-state index in [1.807, 2.05) is 48.5 Å². The molecule has 1 aliphatic heterocycles. The van der Waals surface area contributed by atoms with Gasteiger partial charge in [-0.2, -0.15) is 5.26 Å². The maximum Gasteiger partial charge on any atom is 0.181 e. The minimum Gasteiger partial charge on any atom is -0.474 e. The van der Waals surface area contributed by atoms with Crippen molar-refractivity contribution < 1.29 is 9.47 Å². The Hall–Kier alpha value is -2.73. The SMILES string of the molecule is CCCCC/C=C1\Oc2ccccc2OC1c1ccc(C#N)cc1. The van der Waals surface area contributed by atoms with Crippen molar-refractivity contribution in [3.63, 3.8) is 0 Å². The second-order valence-corrected chi connectivity index (χ2v) is 5.88. The van der Waals surface area contributed by atoms with Crippen LogP contribution in [0.15, 0.2) is 60.4 Å². The van der Waals surface area contributed by atoms with Crippen molar-refractivity contribution in [3.05, 3.63) is 71.5 Å². The summed E-state index contributed by atoms with van der Waals surface area (Å²) in [5, 5.41) is 8.97. The fourth-order valence-corrected chi connectivity index (χ4v) is 2.75. The summed E-state index contributed by atoms with van der Waals surface area (Å²) in [6, 6.07) is 17.4. The molecule has 0 aromatic heterocycles. The number of benzene rings is 2. The minimum atomic E-state index is -0.269. The van der Waals surface area contributed by atoms with Gasteiger partial charge in [0.15, 0.2) is 17.6 Å². The van der Waals surface area contributed by atoms with Crippen LogP contribution in [0.2, 0.25) is 0 Å². The molecule has 3 rings (SSSR count). The highest BCUT2D eigenvalue weighted by atomic mass is 16.6. The van der Waals surface area contributed by atoms with Gasteiger partial charge in [-0.3, -0.25) is 0 Å². The van der Waals surface area contributed by atoms with Gasteiger partial charge in [-0.15, -0.1) is 0 Å². The van der Waals surface area contributed by atoms with Crippen molar-refractivity contribution in [1.29, 1.82) is 5.26 Å². The Morgan fingerprint density at radius 3 is 2.50 bits per heavy atom. The van der Waals surface area contributed by atoms with Crippen LogP contribution >= 0.6 is 0 Å². The Morgan fingerprint density at radius 2 is 1.79 bits per heavy atom. The number of allylic oxidation sites excluding steroid dienone is 1. The molecule has 1 aliphatic rings. The van der Waals surface area contributed by atoms with Crippen molar-refractivity contribution >= 4 is 0 Å². The smallest absolute Gasteiger partial charge is 0.181 e. The number of fused-ring (bicyclic) bond motifs is 1. The van der Waals surface area contributed by atoms with Crippen molar-refractivity contribution in [2.75, 3.05) is 0 Å². The first kappa shape index (κ1) is 16.1. The highest BCUT2D eigenvalue weighted by Crippen LogP contribution is 2.41. The van der Waals surface area contributed by atoms with E-state index < -0.39 is 0 Å². The van der Waals surface area contributed by atoms with E-state index in [9.17, 15) is 0 Å². The molecule has 1 heterocycles. The molecule has 2 aromatic carbocycles. The molecular weight excluding hydrogens is 298 g/mol. The number of hydrogen-bond donors (Lipinski definition) is 0. The van der Waals surface area contributed by atoms with Crippen LogP contribution in [0.4, 0.5) is 0 Å². The van der Waals surface area contributed by atoms with Gasteiger partial charge < -0.3 is 9.47 Å². The Balaban J connectivity index is 1.88. The first-order valence-corrected chi connectivity index (χ1v) is 8.45. The van der Waals surface area contributed by atoms with E-state index in [0.29, 0.717) is 5.56 Å². The van der Waals surface area contributed by atoms with E-state index in [1.54, 1.807) is 0 Å².